The first-order valence-corrected chi connectivity index (χ1v) is 10.6. The number of fused-ring (bicyclic) bond motifs is 1. The number of anilines is 1. The van der Waals surface area contributed by atoms with Gasteiger partial charge >= 0.3 is 0 Å². The van der Waals surface area contributed by atoms with Gasteiger partial charge in [-0.25, -0.2) is 0 Å². The molecule has 9 heteroatoms. The van der Waals surface area contributed by atoms with Crippen molar-refractivity contribution in [1.29, 1.82) is 0 Å². The molecule has 2 aromatic carbocycles. The van der Waals surface area contributed by atoms with Crippen LogP contribution in [0.3, 0.4) is 0 Å². The zero-order valence-corrected chi connectivity index (χ0v) is 18.2. The number of hydrogen-bond donors (Lipinski definition) is 2. The zero-order valence-electron chi connectivity index (χ0n) is 15.9. The first-order chi connectivity index (χ1) is 14.4. The van der Waals surface area contributed by atoms with Crippen LogP contribution in [0.4, 0.5) is 5.69 Å². The second kappa shape index (κ2) is 8.86. The third-order valence-electron chi connectivity index (χ3n) is 5.06. The van der Waals surface area contributed by atoms with Crippen molar-refractivity contribution in [2.24, 2.45) is 0 Å². The van der Waals surface area contributed by atoms with Gasteiger partial charge in [-0.3, -0.25) is 14.5 Å². The minimum atomic E-state index is -0.225. The lowest BCUT2D eigenvalue weighted by Crippen LogP contribution is -2.50. The summed E-state index contributed by atoms with van der Waals surface area (Å²) >= 11 is 18.1. The van der Waals surface area contributed by atoms with Crippen LogP contribution >= 0.6 is 34.8 Å². The molecule has 4 rings (SSSR count). The summed E-state index contributed by atoms with van der Waals surface area (Å²) < 4.78 is 0. The van der Waals surface area contributed by atoms with Crippen molar-refractivity contribution in [2.75, 3.05) is 38.0 Å². The molecule has 156 valence electrons. The standard InChI is InChI=1S/C21H19Cl3N4O2/c22-14-10-15(23)20(16(24)11-14)26-19(29)12-27-5-7-28(8-6-27)21(30)18-9-13-3-1-2-4-17(13)25-18/h1-4,9-11,25H,5-8,12H2,(H,26,29). The summed E-state index contributed by atoms with van der Waals surface area (Å²) in [6.45, 7) is 2.47. The van der Waals surface area contributed by atoms with Crippen molar-refractivity contribution < 1.29 is 9.59 Å². The van der Waals surface area contributed by atoms with Gasteiger partial charge in [0.15, 0.2) is 0 Å². The molecule has 0 bridgehead atoms. The van der Waals surface area contributed by atoms with Crippen molar-refractivity contribution in [3.8, 4) is 0 Å². The number of aromatic amines is 1. The Hall–Kier alpha value is -2.25. The fourth-order valence-corrected chi connectivity index (χ4v) is 4.42. The molecule has 0 spiro atoms. The molecule has 6 nitrogen and oxygen atoms in total. The average molecular weight is 466 g/mol. The summed E-state index contributed by atoms with van der Waals surface area (Å²) in [7, 11) is 0. The smallest absolute Gasteiger partial charge is 0.270 e. The fourth-order valence-electron chi connectivity index (χ4n) is 3.51. The molecule has 1 aliphatic heterocycles. The predicted octanol–water partition coefficient (Wildman–Crippen LogP) is 4.52. The van der Waals surface area contributed by atoms with Crippen LogP contribution in [-0.2, 0) is 4.79 Å². The highest BCUT2D eigenvalue weighted by Gasteiger charge is 2.24. The van der Waals surface area contributed by atoms with Gasteiger partial charge < -0.3 is 15.2 Å². The third-order valence-corrected chi connectivity index (χ3v) is 5.87. The van der Waals surface area contributed by atoms with Crippen LogP contribution in [0.25, 0.3) is 10.9 Å². The summed E-state index contributed by atoms with van der Waals surface area (Å²) in [5.74, 6) is -0.258. The number of para-hydroxylation sites is 1. The zero-order chi connectivity index (χ0) is 21.3. The number of halogens is 3. The van der Waals surface area contributed by atoms with Gasteiger partial charge in [-0.15, -0.1) is 0 Å². The Labute approximate surface area is 188 Å². The van der Waals surface area contributed by atoms with Gasteiger partial charge in [-0.1, -0.05) is 53.0 Å². The number of nitrogens with zero attached hydrogens (tertiary/aromatic N) is 2. The topological polar surface area (TPSA) is 68.4 Å². The van der Waals surface area contributed by atoms with E-state index in [2.05, 4.69) is 10.3 Å². The minimum absolute atomic E-state index is 0.0324. The largest absolute Gasteiger partial charge is 0.351 e. The summed E-state index contributed by atoms with van der Waals surface area (Å²) in [6, 6.07) is 12.7. The summed E-state index contributed by atoms with van der Waals surface area (Å²) in [5.41, 5.74) is 1.87. The molecule has 0 saturated carbocycles. The average Bonchev–Trinajstić information content (AvgIpc) is 3.15. The first-order valence-electron chi connectivity index (χ1n) is 9.44. The SMILES string of the molecule is O=C(CN1CCN(C(=O)c2cc3ccccc3[nH]2)CC1)Nc1c(Cl)cc(Cl)cc1Cl. The molecule has 1 fully saturated rings. The maximum absolute atomic E-state index is 12.8. The highest BCUT2D eigenvalue weighted by molar-refractivity contribution is 6.42. The molecule has 3 aromatic rings. The maximum Gasteiger partial charge on any atom is 0.270 e. The van der Waals surface area contributed by atoms with Gasteiger partial charge in [-0.2, -0.15) is 0 Å². The van der Waals surface area contributed by atoms with Gasteiger partial charge in [0.25, 0.3) is 5.91 Å². The molecular formula is C21H19Cl3N4O2. The van der Waals surface area contributed by atoms with Gasteiger partial charge in [-0.05, 0) is 24.3 Å². The summed E-state index contributed by atoms with van der Waals surface area (Å²) in [6.07, 6.45) is 0. The normalized spacial score (nSPS) is 14.8. The first kappa shape index (κ1) is 21.0. The Bertz CT molecular complexity index is 1050. The molecule has 2 N–H and O–H groups in total. The van der Waals surface area contributed by atoms with Crippen molar-refractivity contribution in [3.63, 3.8) is 0 Å². The molecule has 2 heterocycles. The number of piperazine rings is 1. The lowest BCUT2D eigenvalue weighted by molar-refractivity contribution is -0.117. The van der Waals surface area contributed by atoms with Gasteiger partial charge in [0, 0.05) is 42.1 Å². The van der Waals surface area contributed by atoms with E-state index >= 15 is 0 Å². The van der Waals surface area contributed by atoms with Crippen molar-refractivity contribution in [2.45, 2.75) is 0 Å². The Morgan fingerprint density at radius 2 is 1.63 bits per heavy atom. The number of hydrogen-bond acceptors (Lipinski definition) is 3. The number of rotatable bonds is 4. The Morgan fingerprint density at radius 3 is 2.30 bits per heavy atom. The van der Waals surface area contributed by atoms with E-state index in [0.29, 0.717) is 42.6 Å². The van der Waals surface area contributed by atoms with E-state index in [1.165, 1.54) is 12.1 Å². The second-order valence-electron chi connectivity index (χ2n) is 7.13. The van der Waals surface area contributed by atoms with E-state index in [1.54, 1.807) is 4.90 Å². The fraction of sp³-hybridized carbons (Fsp3) is 0.238. The second-order valence-corrected chi connectivity index (χ2v) is 8.38. The van der Waals surface area contributed by atoms with Crippen LogP contribution in [0.5, 0.6) is 0 Å². The van der Waals surface area contributed by atoms with E-state index in [-0.39, 0.29) is 28.4 Å². The van der Waals surface area contributed by atoms with Crippen LogP contribution in [0.2, 0.25) is 15.1 Å². The van der Waals surface area contributed by atoms with Crippen LogP contribution < -0.4 is 5.32 Å². The summed E-state index contributed by atoms with van der Waals surface area (Å²) in [4.78, 5) is 32.2. The monoisotopic (exact) mass is 464 g/mol. The molecule has 30 heavy (non-hydrogen) atoms. The lowest BCUT2D eigenvalue weighted by atomic mass is 10.2. The van der Waals surface area contributed by atoms with Crippen molar-refractivity contribution in [1.82, 2.24) is 14.8 Å². The number of carbonyl (C=O) groups is 2. The molecule has 1 saturated heterocycles. The predicted molar refractivity (Wildman–Crippen MR) is 121 cm³/mol. The maximum atomic E-state index is 12.8. The molecule has 0 aliphatic carbocycles. The molecular weight excluding hydrogens is 447 g/mol. The van der Waals surface area contributed by atoms with Crippen molar-refractivity contribution >= 4 is 63.2 Å². The quantitative estimate of drug-likeness (QED) is 0.595. The Balaban J connectivity index is 1.32. The van der Waals surface area contributed by atoms with Gasteiger partial charge in [0.05, 0.1) is 22.3 Å². The number of benzene rings is 2. The lowest BCUT2D eigenvalue weighted by Gasteiger charge is -2.34. The molecule has 1 aliphatic rings. The molecule has 2 amide bonds. The summed E-state index contributed by atoms with van der Waals surface area (Å²) in [5, 5.41) is 4.72. The van der Waals surface area contributed by atoms with Crippen molar-refractivity contribution in [3.05, 3.63) is 63.2 Å². The van der Waals surface area contributed by atoms with E-state index in [9.17, 15) is 9.59 Å². The molecule has 1 aromatic heterocycles. The van der Waals surface area contributed by atoms with Gasteiger partial charge in [0.2, 0.25) is 5.91 Å². The number of aromatic nitrogens is 1. The number of H-pyrrole nitrogens is 1. The minimum Gasteiger partial charge on any atom is -0.351 e. The van der Waals surface area contributed by atoms with E-state index in [4.69, 9.17) is 34.8 Å². The highest BCUT2D eigenvalue weighted by atomic mass is 35.5. The van der Waals surface area contributed by atoms with E-state index in [0.717, 1.165) is 10.9 Å². The Morgan fingerprint density at radius 1 is 0.967 bits per heavy atom. The molecule has 0 radical (unpaired) electrons. The van der Waals surface area contributed by atoms with Gasteiger partial charge in [0.1, 0.15) is 5.69 Å². The van der Waals surface area contributed by atoms with Crippen LogP contribution in [0, 0.1) is 0 Å². The van der Waals surface area contributed by atoms with Crippen LogP contribution in [0.1, 0.15) is 10.5 Å². The van der Waals surface area contributed by atoms with Crippen LogP contribution in [0.15, 0.2) is 42.5 Å². The molecule has 0 unspecified atom stereocenters. The van der Waals surface area contributed by atoms with Crippen LogP contribution in [-0.4, -0.2) is 59.3 Å². The molecule has 0 atom stereocenters. The number of nitrogens with one attached hydrogen (secondary N) is 2. The Kier molecular flexibility index (Phi) is 6.20. The third kappa shape index (κ3) is 4.57. The highest BCUT2D eigenvalue weighted by Crippen LogP contribution is 2.33. The van der Waals surface area contributed by atoms with E-state index in [1.807, 2.05) is 35.2 Å². The number of amides is 2. The van der Waals surface area contributed by atoms with E-state index < -0.39 is 0 Å². The number of carbonyl (C=O) groups excluding carboxylic acids is 2.